The Morgan fingerprint density at radius 1 is 1.27 bits per heavy atom. The lowest BCUT2D eigenvalue weighted by Gasteiger charge is -2.50. The molecule has 0 aromatic heterocycles. The van der Waals surface area contributed by atoms with Gasteiger partial charge in [-0.25, -0.2) is 0 Å². The molecule has 1 aliphatic heterocycles. The van der Waals surface area contributed by atoms with Crippen molar-refractivity contribution < 1.29 is 30.0 Å². The zero-order valence-electron chi connectivity index (χ0n) is 12.2. The minimum absolute atomic E-state index is 0.122. The van der Waals surface area contributed by atoms with Gasteiger partial charge in [0.05, 0.1) is 12.6 Å². The summed E-state index contributed by atoms with van der Waals surface area (Å²) in [6, 6.07) is 7.78. The zero-order valence-corrected chi connectivity index (χ0v) is 12.2. The molecule has 1 saturated heterocycles. The van der Waals surface area contributed by atoms with E-state index in [1.165, 1.54) is 11.8 Å². The molecular formula is C15H20NO6-. The summed E-state index contributed by atoms with van der Waals surface area (Å²) in [5.74, 6) is -0.410. The van der Waals surface area contributed by atoms with Crippen molar-refractivity contribution in [1.82, 2.24) is 4.90 Å². The smallest absolute Gasteiger partial charge is 0.220 e. The molecular weight excluding hydrogens is 290 g/mol. The molecule has 1 aromatic rings. The summed E-state index contributed by atoms with van der Waals surface area (Å²) in [4.78, 5) is 13.1. The number of aliphatic hydroxyl groups is 3. The molecule has 22 heavy (non-hydrogen) atoms. The number of hydrogen-bond acceptors (Lipinski definition) is 6. The van der Waals surface area contributed by atoms with Crippen molar-refractivity contribution in [1.29, 1.82) is 0 Å². The molecule has 0 bridgehead atoms. The summed E-state index contributed by atoms with van der Waals surface area (Å²) in [6.45, 7) is 0.825. The van der Waals surface area contributed by atoms with E-state index < -0.39 is 43.2 Å². The standard InChI is InChI=1S/C15H20NO6/c1-9(18)16(7-10-5-3-2-4-6-10)12-14(20)13(19)11(8-17)22-15(12)21/h2-6,11-15,17,19-20H,7-8H2,1H3/q-1/t11-,12-,13-,14-,15-/m1/s1. The third-order valence-corrected chi connectivity index (χ3v) is 3.81. The number of carbonyl (C=O) groups is 1. The Bertz CT molecular complexity index is 496. The molecule has 1 aromatic carbocycles. The van der Waals surface area contributed by atoms with Crippen LogP contribution in [-0.2, 0) is 16.1 Å². The number of amides is 1. The van der Waals surface area contributed by atoms with E-state index in [-0.39, 0.29) is 6.54 Å². The van der Waals surface area contributed by atoms with Gasteiger partial charge in [-0.3, -0.25) is 4.79 Å². The number of ether oxygens (including phenoxy) is 1. The topological polar surface area (TPSA) is 113 Å². The van der Waals surface area contributed by atoms with Gasteiger partial charge in [-0.05, 0) is 5.56 Å². The lowest BCUT2D eigenvalue weighted by Crippen LogP contribution is -2.68. The van der Waals surface area contributed by atoms with E-state index in [0.717, 1.165) is 5.56 Å². The van der Waals surface area contributed by atoms with Crippen LogP contribution in [0.4, 0.5) is 0 Å². The molecule has 3 N–H and O–H groups in total. The highest BCUT2D eigenvalue weighted by atomic mass is 16.6. The van der Waals surface area contributed by atoms with Gasteiger partial charge in [0.2, 0.25) is 5.91 Å². The number of carbonyl (C=O) groups excluding carboxylic acids is 1. The van der Waals surface area contributed by atoms with Crippen LogP contribution in [0.5, 0.6) is 0 Å². The van der Waals surface area contributed by atoms with E-state index in [1.807, 2.05) is 6.07 Å². The Balaban J connectivity index is 2.22. The second kappa shape index (κ2) is 7.17. The van der Waals surface area contributed by atoms with Crippen LogP contribution in [-0.4, -0.2) is 63.4 Å². The predicted octanol–water partition coefficient (Wildman–Crippen LogP) is -1.80. The molecule has 122 valence electrons. The van der Waals surface area contributed by atoms with Gasteiger partial charge in [-0.2, -0.15) is 0 Å². The minimum Gasteiger partial charge on any atom is -0.829 e. The molecule has 0 unspecified atom stereocenters. The predicted molar refractivity (Wildman–Crippen MR) is 74.2 cm³/mol. The fourth-order valence-electron chi connectivity index (χ4n) is 2.61. The molecule has 1 heterocycles. The molecule has 1 amide bonds. The Kier molecular flexibility index (Phi) is 5.49. The fourth-order valence-corrected chi connectivity index (χ4v) is 2.61. The van der Waals surface area contributed by atoms with Crippen LogP contribution in [0, 0.1) is 0 Å². The third kappa shape index (κ3) is 3.45. The number of hydrogen-bond donors (Lipinski definition) is 3. The maximum absolute atomic E-state index is 12.1. The third-order valence-electron chi connectivity index (χ3n) is 3.81. The maximum Gasteiger partial charge on any atom is 0.220 e. The average molecular weight is 310 g/mol. The van der Waals surface area contributed by atoms with E-state index in [2.05, 4.69) is 0 Å². The van der Waals surface area contributed by atoms with Crippen molar-refractivity contribution in [2.24, 2.45) is 0 Å². The highest BCUT2D eigenvalue weighted by Gasteiger charge is 2.43. The largest absolute Gasteiger partial charge is 0.829 e. The highest BCUT2D eigenvalue weighted by molar-refractivity contribution is 5.73. The van der Waals surface area contributed by atoms with Crippen molar-refractivity contribution in [2.45, 2.75) is 44.1 Å². The van der Waals surface area contributed by atoms with Crippen LogP contribution in [0.3, 0.4) is 0 Å². The Morgan fingerprint density at radius 2 is 1.91 bits per heavy atom. The van der Waals surface area contributed by atoms with Gasteiger partial charge in [0.25, 0.3) is 0 Å². The van der Waals surface area contributed by atoms with E-state index >= 15 is 0 Å². The number of benzene rings is 1. The molecule has 2 rings (SSSR count). The van der Waals surface area contributed by atoms with Crippen molar-refractivity contribution in [3.63, 3.8) is 0 Å². The van der Waals surface area contributed by atoms with Gasteiger partial charge in [0, 0.05) is 19.8 Å². The monoisotopic (exact) mass is 310 g/mol. The summed E-state index contributed by atoms with van der Waals surface area (Å²) < 4.78 is 4.99. The molecule has 0 radical (unpaired) electrons. The number of nitrogens with zero attached hydrogens (tertiary/aromatic N) is 1. The Hall–Kier alpha value is -1.51. The highest BCUT2D eigenvalue weighted by Crippen LogP contribution is 2.24. The maximum atomic E-state index is 12.1. The Labute approximate surface area is 128 Å². The van der Waals surface area contributed by atoms with Crippen LogP contribution in [0.25, 0.3) is 0 Å². The first-order valence-corrected chi connectivity index (χ1v) is 7.05. The molecule has 0 aliphatic carbocycles. The molecule has 0 saturated carbocycles. The second-order valence-corrected chi connectivity index (χ2v) is 5.33. The van der Waals surface area contributed by atoms with Gasteiger partial charge in [0.1, 0.15) is 18.3 Å². The first-order chi connectivity index (χ1) is 10.5. The van der Waals surface area contributed by atoms with Crippen molar-refractivity contribution in [3.05, 3.63) is 35.9 Å². The summed E-state index contributed by atoms with van der Waals surface area (Å²) in [7, 11) is 0. The SMILES string of the molecule is CC(=O)N(Cc1ccccc1)[C@@H]1[C@@H](O)[C@H](O)[C@@H](CO)O[C@H]1[O-]. The number of aliphatic hydroxyl groups excluding tert-OH is 3. The van der Waals surface area contributed by atoms with Gasteiger partial charge >= 0.3 is 0 Å². The van der Waals surface area contributed by atoms with Gasteiger partial charge in [-0.1, -0.05) is 30.3 Å². The van der Waals surface area contributed by atoms with Gasteiger partial charge in [-0.15, -0.1) is 0 Å². The van der Waals surface area contributed by atoms with Crippen molar-refractivity contribution in [2.75, 3.05) is 6.61 Å². The first kappa shape index (κ1) is 16.9. The quantitative estimate of drug-likeness (QED) is 0.605. The minimum atomic E-state index is -1.75. The van der Waals surface area contributed by atoms with Crippen LogP contribution in [0.2, 0.25) is 0 Å². The van der Waals surface area contributed by atoms with E-state index in [1.54, 1.807) is 24.3 Å². The molecule has 1 fully saturated rings. The van der Waals surface area contributed by atoms with E-state index in [0.29, 0.717) is 0 Å². The van der Waals surface area contributed by atoms with Crippen molar-refractivity contribution in [3.8, 4) is 0 Å². The molecule has 7 nitrogen and oxygen atoms in total. The number of rotatable bonds is 4. The zero-order chi connectivity index (χ0) is 16.3. The van der Waals surface area contributed by atoms with E-state index in [9.17, 15) is 20.1 Å². The lowest BCUT2D eigenvalue weighted by atomic mass is 9.95. The molecule has 5 atom stereocenters. The van der Waals surface area contributed by atoms with Gasteiger partial charge in [0.15, 0.2) is 0 Å². The first-order valence-electron chi connectivity index (χ1n) is 7.05. The molecule has 1 aliphatic rings. The summed E-state index contributed by atoms with van der Waals surface area (Å²) in [6.07, 6.45) is -5.82. The Morgan fingerprint density at radius 3 is 2.45 bits per heavy atom. The van der Waals surface area contributed by atoms with Crippen LogP contribution < -0.4 is 5.11 Å². The lowest BCUT2D eigenvalue weighted by molar-refractivity contribution is -0.525. The van der Waals surface area contributed by atoms with Crippen LogP contribution in [0.1, 0.15) is 12.5 Å². The van der Waals surface area contributed by atoms with E-state index in [4.69, 9.17) is 9.84 Å². The average Bonchev–Trinajstić information content (AvgIpc) is 2.50. The van der Waals surface area contributed by atoms with Crippen molar-refractivity contribution >= 4 is 5.91 Å². The van der Waals surface area contributed by atoms with Crippen LogP contribution >= 0.6 is 0 Å². The summed E-state index contributed by atoms with van der Waals surface area (Å²) in [5.41, 5.74) is 0.788. The fraction of sp³-hybridized carbons (Fsp3) is 0.533. The molecule has 7 heteroatoms. The van der Waals surface area contributed by atoms with Crippen LogP contribution in [0.15, 0.2) is 30.3 Å². The normalized spacial score (nSPS) is 31.8. The molecule has 0 spiro atoms. The van der Waals surface area contributed by atoms with Gasteiger partial charge < -0.3 is 30.1 Å². The summed E-state index contributed by atoms with van der Waals surface area (Å²) >= 11 is 0. The second-order valence-electron chi connectivity index (χ2n) is 5.33. The summed E-state index contributed by atoms with van der Waals surface area (Å²) in [5, 5.41) is 41.3.